The van der Waals surface area contributed by atoms with Gasteiger partial charge in [-0.25, -0.2) is 0 Å². The molecular weight excluding hydrogens is 346 g/mol. The summed E-state index contributed by atoms with van der Waals surface area (Å²) in [6.07, 6.45) is 6.87. The number of hydrogen-bond donors (Lipinski definition) is 1. The fraction of sp³-hybridized carbons (Fsp3) is 0.720. The molecule has 0 bridgehead atoms. The van der Waals surface area contributed by atoms with E-state index in [1.165, 1.54) is 30.4 Å². The average Bonchev–Trinajstić information content (AvgIpc) is 2.97. The van der Waals surface area contributed by atoms with Crippen molar-refractivity contribution in [1.82, 2.24) is 4.90 Å². The fourth-order valence-electron chi connectivity index (χ4n) is 7.26. The van der Waals surface area contributed by atoms with Gasteiger partial charge >= 0.3 is 0 Å². The molecule has 154 valence electrons. The number of rotatable bonds is 3. The van der Waals surface area contributed by atoms with Crippen LogP contribution in [0.4, 0.5) is 0 Å². The van der Waals surface area contributed by atoms with Gasteiger partial charge in [0.05, 0.1) is 0 Å². The lowest BCUT2D eigenvalue weighted by Crippen LogP contribution is -2.50. The molecule has 1 N–H and O–H groups in total. The van der Waals surface area contributed by atoms with E-state index in [9.17, 15) is 9.90 Å². The molecule has 28 heavy (non-hydrogen) atoms. The van der Waals surface area contributed by atoms with Crippen LogP contribution in [0.3, 0.4) is 0 Å². The van der Waals surface area contributed by atoms with Crippen LogP contribution in [-0.4, -0.2) is 28.0 Å². The van der Waals surface area contributed by atoms with E-state index < -0.39 is 0 Å². The number of aromatic hydroxyl groups is 1. The van der Waals surface area contributed by atoms with E-state index in [-0.39, 0.29) is 23.4 Å². The number of fused-ring (bicyclic) bond motifs is 5. The van der Waals surface area contributed by atoms with Crippen molar-refractivity contribution in [3.63, 3.8) is 0 Å². The van der Waals surface area contributed by atoms with Gasteiger partial charge in [0.15, 0.2) is 0 Å². The SMILES string of the molecule is CC(C)N(C(=O)[C@H]1CC[C@H]2[C@@H]3CCc4cc(O)ccc4[C@H]3CC[C@]12C)C(C)C. The second kappa shape index (κ2) is 7.07. The number of phenolic OH excluding ortho intramolecular Hbond substituents is 1. The fourth-order valence-corrected chi connectivity index (χ4v) is 7.26. The van der Waals surface area contributed by atoms with Gasteiger partial charge in [-0.05, 0) is 113 Å². The van der Waals surface area contributed by atoms with Crippen molar-refractivity contribution >= 4 is 5.91 Å². The summed E-state index contributed by atoms with van der Waals surface area (Å²) in [5.74, 6) is 2.94. The monoisotopic (exact) mass is 383 g/mol. The first-order valence-electron chi connectivity index (χ1n) is 11.4. The van der Waals surface area contributed by atoms with E-state index in [2.05, 4.69) is 45.6 Å². The molecule has 0 heterocycles. The second-order valence-corrected chi connectivity index (χ2v) is 10.4. The molecule has 3 nitrogen and oxygen atoms in total. The lowest BCUT2D eigenvalue weighted by atomic mass is 9.54. The third-order valence-electron chi connectivity index (χ3n) is 8.38. The number of hydrogen-bond acceptors (Lipinski definition) is 2. The average molecular weight is 384 g/mol. The van der Waals surface area contributed by atoms with Crippen molar-refractivity contribution in [2.75, 3.05) is 0 Å². The normalized spacial score (nSPS) is 34.1. The molecule has 5 atom stereocenters. The van der Waals surface area contributed by atoms with Gasteiger partial charge in [-0.1, -0.05) is 13.0 Å². The van der Waals surface area contributed by atoms with Gasteiger partial charge in [-0.3, -0.25) is 4.79 Å². The standard InChI is InChI=1S/C25H37NO2/c1-15(2)26(16(3)4)24(28)23-11-10-22-21-8-6-17-14-18(27)7-9-19(17)20(21)12-13-25(22,23)5/h7,9,14-16,20-23,27H,6,8,10-13H2,1-5H3/t20-,21-,22+,23-,25+/m1/s1. The van der Waals surface area contributed by atoms with Gasteiger partial charge < -0.3 is 10.0 Å². The molecule has 0 radical (unpaired) electrons. The number of nitrogens with zero attached hydrogens (tertiary/aromatic N) is 1. The van der Waals surface area contributed by atoms with Crippen LogP contribution in [0.1, 0.15) is 83.8 Å². The van der Waals surface area contributed by atoms with Crippen molar-refractivity contribution in [2.24, 2.45) is 23.2 Å². The maximum atomic E-state index is 13.6. The number of amides is 1. The molecular formula is C25H37NO2. The van der Waals surface area contributed by atoms with E-state index in [1.54, 1.807) is 0 Å². The minimum absolute atomic E-state index is 0.148. The molecule has 0 spiro atoms. The molecule has 0 aromatic heterocycles. The largest absolute Gasteiger partial charge is 0.508 e. The smallest absolute Gasteiger partial charge is 0.226 e. The molecule has 1 aromatic carbocycles. The summed E-state index contributed by atoms with van der Waals surface area (Å²) in [4.78, 5) is 15.7. The summed E-state index contributed by atoms with van der Waals surface area (Å²) < 4.78 is 0. The molecule has 2 saturated carbocycles. The van der Waals surface area contributed by atoms with E-state index in [1.807, 2.05) is 12.1 Å². The highest BCUT2D eigenvalue weighted by Crippen LogP contribution is 2.63. The first-order chi connectivity index (χ1) is 13.2. The quantitative estimate of drug-likeness (QED) is 0.747. The summed E-state index contributed by atoms with van der Waals surface area (Å²) in [5.41, 5.74) is 2.97. The first-order valence-corrected chi connectivity index (χ1v) is 11.4. The van der Waals surface area contributed by atoms with Crippen molar-refractivity contribution in [3.05, 3.63) is 29.3 Å². The Morgan fingerprint density at radius 2 is 1.82 bits per heavy atom. The number of benzene rings is 1. The van der Waals surface area contributed by atoms with Crippen LogP contribution in [-0.2, 0) is 11.2 Å². The maximum Gasteiger partial charge on any atom is 0.226 e. The van der Waals surface area contributed by atoms with Gasteiger partial charge in [0.25, 0.3) is 0 Å². The summed E-state index contributed by atoms with van der Waals surface area (Å²) in [6, 6.07) is 6.53. The van der Waals surface area contributed by atoms with Crippen molar-refractivity contribution in [3.8, 4) is 5.75 Å². The van der Waals surface area contributed by atoms with Gasteiger partial charge in [0.1, 0.15) is 5.75 Å². The number of carbonyl (C=O) groups is 1. The highest BCUT2D eigenvalue weighted by molar-refractivity contribution is 5.80. The van der Waals surface area contributed by atoms with Crippen LogP contribution < -0.4 is 0 Å². The van der Waals surface area contributed by atoms with Crippen molar-refractivity contribution in [2.45, 2.75) is 91.1 Å². The zero-order valence-corrected chi connectivity index (χ0v) is 18.2. The predicted molar refractivity (Wildman–Crippen MR) is 113 cm³/mol. The molecule has 2 fully saturated rings. The van der Waals surface area contributed by atoms with Crippen LogP contribution in [0.2, 0.25) is 0 Å². The lowest BCUT2D eigenvalue weighted by molar-refractivity contribution is -0.144. The zero-order valence-electron chi connectivity index (χ0n) is 18.2. The Hall–Kier alpha value is -1.51. The Bertz CT molecular complexity index is 747. The third kappa shape index (κ3) is 2.97. The Morgan fingerprint density at radius 3 is 2.50 bits per heavy atom. The molecule has 4 rings (SSSR count). The van der Waals surface area contributed by atoms with Crippen LogP contribution in [0.25, 0.3) is 0 Å². The summed E-state index contributed by atoms with van der Waals surface area (Å²) in [7, 11) is 0. The van der Waals surface area contributed by atoms with Crippen LogP contribution in [0, 0.1) is 23.2 Å². The Balaban J connectivity index is 1.60. The van der Waals surface area contributed by atoms with Crippen LogP contribution in [0.15, 0.2) is 18.2 Å². The highest BCUT2D eigenvalue weighted by atomic mass is 16.3. The summed E-state index contributed by atoms with van der Waals surface area (Å²) >= 11 is 0. The Labute approximate surface area is 170 Å². The van der Waals surface area contributed by atoms with E-state index in [0.29, 0.717) is 29.4 Å². The number of phenols is 1. The number of aryl methyl sites for hydroxylation is 1. The molecule has 3 heteroatoms. The van der Waals surface area contributed by atoms with E-state index in [4.69, 9.17) is 0 Å². The molecule has 3 aliphatic carbocycles. The molecule has 0 saturated heterocycles. The molecule has 3 aliphatic rings. The Morgan fingerprint density at radius 1 is 1.11 bits per heavy atom. The Kier molecular flexibility index (Phi) is 5.00. The molecule has 0 unspecified atom stereocenters. The van der Waals surface area contributed by atoms with Gasteiger partial charge in [-0.15, -0.1) is 0 Å². The number of carbonyl (C=O) groups excluding carboxylic acids is 1. The van der Waals surface area contributed by atoms with E-state index >= 15 is 0 Å². The topological polar surface area (TPSA) is 40.5 Å². The molecule has 0 aliphatic heterocycles. The van der Waals surface area contributed by atoms with Gasteiger partial charge in [0.2, 0.25) is 5.91 Å². The zero-order chi connectivity index (χ0) is 20.2. The maximum absolute atomic E-state index is 13.6. The second-order valence-electron chi connectivity index (χ2n) is 10.4. The van der Waals surface area contributed by atoms with E-state index in [0.717, 1.165) is 19.3 Å². The lowest BCUT2D eigenvalue weighted by Gasteiger charge is -2.51. The highest BCUT2D eigenvalue weighted by Gasteiger charge is 2.57. The minimum Gasteiger partial charge on any atom is -0.508 e. The first kappa shape index (κ1) is 19.8. The van der Waals surface area contributed by atoms with Gasteiger partial charge in [0, 0.05) is 18.0 Å². The minimum atomic E-state index is 0.148. The van der Waals surface area contributed by atoms with Crippen molar-refractivity contribution in [1.29, 1.82) is 0 Å². The van der Waals surface area contributed by atoms with Crippen LogP contribution >= 0.6 is 0 Å². The summed E-state index contributed by atoms with van der Waals surface area (Å²) in [6.45, 7) is 11.0. The molecule has 1 aromatic rings. The van der Waals surface area contributed by atoms with Crippen molar-refractivity contribution < 1.29 is 9.90 Å². The van der Waals surface area contributed by atoms with Crippen LogP contribution in [0.5, 0.6) is 5.75 Å². The third-order valence-corrected chi connectivity index (χ3v) is 8.38. The summed E-state index contributed by atoms with van der Waals surface area (Å²) in [5, 5.41) is 9.87. The van der Waals surface area contributed by atoms with Gasteiger partial charge in [-0.2, -0.15) is 0 Å². The predicted octanol–water partition coefficient (Wildman–Crippen LogP) is 5.51. The molecule has 1 amide bonds.